The molecule has 0 unspecified atom stereocenters. The Morgan fingerprint density at radius 3 is 2.52 bits per heavy atom. The Balaban J connectivity index is 1.94. The monoisotopic (exact) mass is 310 g/mol. The van der Waals surface area contributed by atoms with Crippen molar-refractivity contribution in [2.24, 2.45) is 5.73 Å². The highest BCUT2D eigenvalue weighted by Gasteiger charge is 2.13. The smallest absolute Gasteiger partial charge is 0.240 e. The quantitative estimate of drug-likeness (QED) is 0.765. The van der Waals surface area contributed by atoms with E-state index in [4.69, 9.17) is 10.3 Å². The van der Waals surface area contributed by atoms with Crippen LogP contribution in [0.2, 0.25) is 0 Å². The number of aryl methyl sites for hydroxylation is 1. The van der Waals surface area contributed by atoms with Crippen molar-refractivity contribution < 1.29 is 12.9 Å². The number of aromatic nitrogens is 2. The van der Waals surface area contributed by atoms with Crippen molar-refractivity contribution >= 4 is 10.0 Å². The van der Waals surface area contributed by atoms with Gasteiger partial charge in [-0.3, -0.25) is 0 Å². The Hall–Kier alpha value is -1.77. The minimum atomic E-state index is -3.52. The predicted molar refractivity (Wildman–Crippen MR) is 77.1 cm³/mol. The summed E-state index contributed by atoms with van der Waals surface area (Å²) in [6.07, 6.45) is 1.10. The molecule has 21 heavy (non-hydrogen) atoms. The average molecular weight is 310 g/mol. The van der Waals surface area contributed by atoms with Gasteiger partial charge in [0.1, 0.15) is 0 Å². The Labute approximate surface area is 123 Å². The van der Waals surface area contributed by atoms with Crippen molar-refractivity contribution in [1.82, 2.24) is 14.9 Å². The Morgan fingerprint density at radius 2 is 1.95 bits per heavy atom. The summed E-state index contributed by atoms with van der Waals surface area (Å²) in [6, 6.07) is 6.69. The van der Waals surface area contributed by atoms with Crippen LogP contribution < -0.4 is 10.5 Å². The number of nitrogens with zero attached hydrogens (tertiary/aromatic N) is 2. The van der Waals surface area contributed by atoms with E-state index in [1.165, 1.54) is 0 Å². The molecular weight excluding hydrogens is 292 g/mol. The van der Waals surface area contributed by atoms with Crippen molar-refractivity contribution in [3.05, 3.63) is 41.5 Å². The van der Waals surface area contributed by atoms with Crippen LogP contribution in [-0.4, -0.2) is 31.6 Å². The van der Waals surface area contributed by atoms with Gasteiger partial charge in [0.05, 0.1) is 4.90 Å². The molecule has 3 N–H and O–H groups in total. The van der Waals surface area contributed by atoms with Gasteiger partial charge >= 0.3 is 0 Å². The molecule has 7 nitrogen and oxygen atoms in total. The maximum Gasteiger partial charge on any atom is 0.240 e. The number of sulfonamides is 1. The first-order chi connectivity index (χ1) is 10.0. The Bertz CT molecular complexity index is 680. The summed E-state index contributed by atoms with van der Waals surface area (Å²) in [6.45, 7) is 2.43. The second-order valence-electron chi connectivity index (χ2n) is 4.56. The van der Waals surface area contributed by atoms with Gasteiger partial charge in [0.25, 0.3) is 0 Å². The third kappa shape index (κ3) is 4.35. The molecule has 0 amide bonds. The van der Waals surface area contributed by atoms with Crippen LogP contribution in [0.5, 0.6) is 0 Å². The normalized spacial score (nSPS) is 11.7. The molecule has 0 aliphatic rings. The van der Waals surface area contributed by atoms with Gasteiger partial charge in [-0.05, 0) is 30.7 Å². The van der Waals surface area contributed by atoms with E-state index >= 15 is 0 Å². The first kappa shape index (κ1) is 15.6. The first-order valence-electron chi connectivity index (χ1n) is 6.59. The summed E-state index contributed by atoms with van der Waals surface area (Å²) in [7, 11) is -3.52. The first-order valence-corrected chi connectivity index (χ1v) is 8.07. The fraction of sp³-hybridized carbons (Fsp3) is 0.385. The van der Waals surface area contributed by atoms with Crippen LogP contribution in [0.4, 0.5) is 0 Å². The van der Waals surface area contributed by atoms with Crippen LogP contribution in [0.1, 0.15) is 17.3 Å². The summed E-state index contributed by atoms with van der Waals surface area (Å²) < 4.78 is 31.5. The second kappa shape index (κ2) is 6.79. The molecule has 0 bridgehead atoms. The molecule has 1 aromatic carbocycles. The number of hydrogen-bond donors (Lipinski definition) is 2. The Kier molecular flexibility index (Phi) is 5.05. The van der Waals surface area contributed by atoms with Crippen molar-refractivity contribution in [1.29, 1.82) is 0 Å². The second-order valence-corrected chi connectivity index (χ2v) is 6.33. The van der Waals surface area contributed by atoms with Crippen LogP contribution in [0, 0.1) is 6.92 Å². The molecule has 114 valence electrons. The third-order valence-corrected chi connectivity index (χ3v) is 4.35. The van der Waals surface area contributed by atoms with E-state index < -0.39 is 10.0 Å². The molecule has 0 saturated carbocycles. The number of benzene rings is 1. The molecule has 0 radical (unpaired) electrons. The highest BCUT2D eigenvalue weighted by molar-refractivity contribution is 7.89. The lowest BCUT2D eigenvalue weighted by atomic mass is 10.2. The van der Waals surface area contributed by atoms with Crippen LogP contribution in [-0.2, 0) is 22.9 Å². The van der Waals surface area contributed by atoms with Gasteiger partial charge in [-0.25, -0.2) is 13.1 Å². The minimum Gasteiger partial charge on any atom is -0.340 e. The lowest BCUT2D eigenvalue weighted by Gasteiger charge is -2.06. The van der Waals surface area contributed by atoms with Crippen molar-refractivity contribution in [2.75, 3.05) is 13.1 Å². The van der Waals surface area contributed by atoms with Crippen LogP contribution >= 0.6 is 0 Å². The largest absolute Gasteiger partial charge is 0.340 e. The van der Waals surface area contributed by atoms with E-state index in [-0.39, 0.29) is 11.4 Å². The highest BCUT2D eigenvalue weighted by Crippen LogP contribution is 2.10. The van der Waals surface area contributed by atoms with E-state index in [9.17, 15) is 8.42 Å². The van der Waals surface area contributed by atoms with Crippen LogP contribution in [0.3, 0.4) is 0 Å². The summed E-state index contributed by atoms with van der Waals surface area (Å²) in [5.74, 6) is 0.942. The zero-order valence-electron chi connectivity index (χ0n) is 11.7. The molecule has 0 spiro atoms. The van der Waals surface area contributed by atoms with Crippen LogP contribution in [0.25, 0.3) is 0 Å². The third-order valence-electron chi connectivity index (χ3n) is 2.88. The maximum atomic E-state index is 12.1. The Morgan fingerprint density at radius 1 is 1.24 bits per heavy atom. The molecule has 8 heteroatoms. The molecule has 0 atom stereocenters. The summed E-state index contributed by atoms with van der Waals surface area (Å²) >= 11 is 0. The fourth-order valence-electron chi connectivity index (χ4n) is 1.83. The van der Waals surface area contributed by atoms with E-state index in [2.05, 4.69) is 14.9 Å². The molecule has 0 aliphatic carbocycles. The van der Waals surface area contributed by atoms with Gasteiger partial charge in [0, 0.05) is 19.9 Å². The van der Waals surface area contributed by atoms with Crippen molar-refractivity contribution in [2.45, 2.75) is 24.7 Å². The zero-order chi connectivity index (χ0) is 15.3. The molecule has 0 aliphatic heterocycles. The zero-order valence-corrected chi connectivity index (χ0v) is 12.6. The standard InChI is InChI=1S/C13H18N4O3S/c1-10-16-13(17-20-10)7-9-15-21(18,19)12-4-2-11(3-5-12)6-8-14/h2-5,15H,6-9,14H2,1H3. The SMILES string of the molecule is Cc1nc(CCNS(=O)(=O)c2ccc(CCN)cc2)no1. The van der Waals surface area contributed by atoms with Gasteiger partial charge in [-0.2, -0.15) is 4.98 Å². The lowest BCUT2D eigenvalue weighted by Crippen LogP contribution is -2.26. The predicted octanol–water partition coefficient (Wildman–Crippen LogP) is 0.400. The highest BCUT2D eigenvalue weighted by atomic mass is 32.2. The summed E-state index contributed by atoms with van der Waals surface area (Å²) in [4.78, 5) is 4.24. The minimum absolute atomic E-state index is 0.214. The molecule has 0 saturated heterocycles. The number of nitrogens with one attached hydrogen (secondary N) is 1. The molecule has 2 aromatic rings. The summed E-state index contributed by atoms with van der Waals surface area (Å²) in [5.41, 5.74) is 6.47. The maximum absolute atomic E-state index is 12.1. The van der Waals surface area contributed by atoms with Gasteiger partial charge in [0.2, 0.25) is 15.9 Å². The molecule has 0 fully saturated rings. The molecular formula is C13H18N4O3S. The lowest BCUT2D eigenvalue weighted by molar-refractivity contribution is 0.387. The number of nitrogens with two attached hydrogens (primary N) is 1. The molecule has 2 rings (SSSR count). The van der Waals surface area contributed by atoms with Gasteiger partial charge in [-0.1, -0.05) is 17.3 Å². The van der Waals surface area contributed by atoms with Gasteiger partial charge in [0.15, 0.2) is 5.82 Å². The van der Waals surface area contributed by atoms with E-state index in [1.807, 2.05) is 0 Å². The molecule has 1 heterocycles. The van der Waals surface area contributed by atoms with E-state index in [0.29, 0.717) is 24.7 Å². The summed E-state index contributed by atoms with van der Waals surface area (Å²) in [5, 5.41) is 3.71. The van der Waals surface area contributed by atoms with Gasteiger partial charge < -0.3 is 10.3 Å². The number of rotatable bonds is 7. The number of hydrogen-bond acceptors (Lipinski definition) is 6. The topological polar surface area (TPSA) is 111 Å². The van der Waals surface area contributed by atoms with E-state index in [0.717, 1.165) is 12.0 Å². The average Bonchev–Trinajstić information content (AvgIpc) is 2.85. The van der Waals surface area contributed by atoms with Crippen LogP contribution in [0.15, 0.2) is 33.7 Å². The van der Waals surface area contributed by atoms with Gasteiger partial charge in [-0.15, -0.1) is 0 Å². The molecule has 1 aromatic heterocycles. The van der Waals surface area contributed by atoms with Crippen molar-refractivity contribution in [3.63, 3.8) is 0 Å². The fourth-order valence-corrected chi connectivity index (χ4v) is 2.86. The van der Waals surface area contributed by atoms with Crippen molar-refractivity contribution in [3.8, 4) is 0 Å². The van der Waals surface area contributed by atoms with E-state index in [1.54, 1.807) is 31.2 Å².